The molecule has 6 rings (SSSR count). The number of ether oxygens (including phenoxy) is 1. The summed E-state index contributed by atoms with van der Waals surface area (Å²) in [5.74, 6) is -0.445. The van der Waals surface area contributed by atoms with Crippen molar-refractivity contribution < 1.29 is 13.9 Å². The summed E-state index contributed by atoms with van der Waals surface area (Å²) < 4.78 is 20.7. The van der Waals surface area contributed by atoms with Gasteiger partial charge >= 0.3 is 0 Å². The van der Waals surface area contributed by atoms with Gasteiger partial charge in [-0.2, -0.15) is 5.10 Å². The van der Waals surface area contributed by atoms with Crippen molar-refractivity contribution in [1.82, 2.24) is 34.5 Å². The minimum atomic E-state index is -0.464. The number of aromatic amines is 1. The van der Waals surface area contributed by atoms with Crippen LogP contribution in [-0.4, -0.2) is 79.8 Å². The Labute approximate surface area is 201 Å². The predicted molar refractivity (Wildman–Crippen MR) is 128 cm³/mol. The highest BCUT2D eigenvalue weighted by Crippen LogP contribution is 2.31. The number of H-pyrrole nitrogens is 1. The average molecular weight is 476 g/mol. The van der Waals surface area contributed by atoms with Gasteiger partial charge in [0.2, 0.25) is 0 Å². The van der Waals surface area contributed by atoms with Gasteiger partial charge in [-0.25, -0.2) is 14.4 Å². The van der Waals surface area contributed by atoms with E-state index in [1.54, 1.807) is 6.33 Å². The smallest absolute Gasteiger partial charge is 0.253 e. The van der Waals surface area contributed by atoms with E-state index in [-0.39, 0.29) is 11.7 Å². The minimum absolute atomic E-state index is 0.0754. The molecule has 0 radical (unpaired) electrons. The van der Waals surface area contributed by atoms with Crippen LogP contribution in [0, 0.1) is 5.82 Å². The lowest BCUT2D eigenvalue weighted by Crippen LogP contribution is -2.56. The van der Waals surface area contributed by atoms with Gasteiger partial charge < -0.3 is 14.6 Å². The number of fused-ring (bicyclic) bond motifs is 1. The molecule has 0 bridgehead atoms. The van der Waals surface area contributed by atoms with Crippen molar-refractivity contribution >= 4 is 16.9 Å². The summed E-state index contributed by atoms with van der Waals surface area (Å²) in [6.45, 7) is 3.27. The molecule has 2 aliphatic rings. The molecule has 9 nitrogen and oxygen atoms in total. The Bertz CT molecular complexity index is 1370. The minimum Gasteiger partial charge on any atom is -0.494 e. The lowest BCUT2D eigenvalue weighted by atomic mass is 9.97. The number of carbonyl (C=O) groups is 1. The fourth-order valence-electron chi connectivity index (χ4n) is 5.13. The third kappa shape index (κ3) is 3.93. The Balaban J connectivity index is 1.04. The van der Waals surface area contributed by atoms with Crippen LogP contribution in [0.3, 0.4) is 0 Å². The number of piperidine rings is 1. The topological polar surface area (TPSA) is 92.2 Å². The molecule has 180 valence electrons. The molecule has 2 aliphatic heterocycles. The number of halogens is 1. The molecule has 0 spiro atoms. The summed E-state index contributed by atoms with van der Waals surface area (Å²) in [6.07, 6.45) is 9.22. The molecule has 2 fully saturated rings. The zero-order chi connectivity index (χ0) is 23.9. The summed E-state index contributed by atoms with van der Waals surface area (Å²) in [7, 11) is 1.40. The number of amides is 1. The molecule has 10 heteroatoms. The molecular formula is C25H26FN7O2. The summed E-state index contributed by atoms with van der Waals surface area (Å²) in [4.78, 5) is 29.0. The number of nitrogens with zero attached hydrogens (tertiary/aromatic N) is 6. The molecule has 3 aromatic heterocycles. The Hall–Kier alpha value is -3.79. The maximum absolute atomic E-state index is 13.7. The number of methoxy groups -OCH3 is 1. The fraction of sp³-hybridized carbons (Fsp3) is 0.360. The van der Waals surface area contributed by atoms with Crippen LogP contribution in [0.1, 0.15) is 29.2 Å². The van der Waals surface area contributed by atoms with Gasteiger partial charge in [-0.1, -0.05) is 0 Å². The number of likely N-dealkylation sites (tertiary alicyclic amines) is 2. The molecule has 1 amide bonds. The van der Waals surface area contributed by atoms with Gasteiger partial charge in [-0.3, -0.25) is 14.4 Å². The molecular weight excluding hydrogens is 449 g/mol. The van der Waals surface area contributed by atoms with Crippen molar-refractivity contribution in [2.24, 2.45) is 0 Å². The first-order chi connectivity index (χ1) is 17.1. The van der Waals surface area contributed by atoms with Crippen LogP contribution in [0.25, 0.3) is 22.3 Å². The maximum atomic E-state index is 13.7. The molecule has 0 aliphatic carbocycles. The number of hydrogen-bond acceptors (Lipinski definition) is 6. The van der Waals surface area contributed by atoms with Crippen LogP contribution in [0.4, 0.5) is 4.39 Å². The van der Waals surface area contributed by atoms with E-state index in [4.69, 9.17) is 4.74 Å². The van der Waals surface area contributed by atoms with E-state index in [1.165, 1.54) is 25.3 Å². The second kappa shape index (κ2) is 8.77. The van der Waals surface area contributed by atoms with Crippen LogP contribution in [-0.2, 0) is 0 Å². The molecule has 1 N–H and O–H groups in total. The molecule has 0 saturated carbocycles. The van der Waals surface area contributed by atoms with Crippen molar-refractivity contribution in [2.45, 2.75) is 24.9 Å². The highest BCUT2D eigenvalue weighted by atomic mass is 19.1. The Morgan fingerprint density at radius 3 is 2.77 bits per heavy atom. The fourth-order valence-corrected chi connectivity index (χ4v) is 5.13. The van der Waals surface area contributed by atoms with E-state index < -0.39 is 5.82 Å². The number of nitrogens with one attached hydrogen (secondary N) is 1. The Morgan fingerprint density at radius 1 is 1.14 bits per heavy atom. The molecule has 0 atom stereocenters. The molecule has 35 heavy (non-hydrogen) atoms. The van der Waals surface area contributed by atoms with E-state index >= 15 is 0 Å². The van der Waals surface area contributed by atoms with Crippen molar-refractivity contribution in [3.05, 3.63) is 60.6 Å². The molecule has 4 aromatic rings. The molecule has 1 aromatic carbocycles. The standard InChI is InChI=1S/C25H26FN7O2/c1-35-22-10-16(2-3-21(22)26)25(34)31-8-5-18(6-9-31)32-13-19(14-32)33-12-17(11-30-33)23-20-4-7-27-24(20)29-15-28-23/h2-4,7,10-12,15,18-19H,5-6,8-9,13-14H2,1H3,(H,27,28,29). The van der Waals surface area contributed by atoms with Gasteiger partial charge in [0.05, 0.1) is 25.0 Å². The normalized spacial score (nSPS) is 17.6. The van der Waals surface area contributed by atoms with Crippen molar-refractivity contribution in [2.75, 3.05) is 33.3 Å². The number of hydrogen-bond donors (Lipinski definition) is 1. The van der Waals surface area contributed by atoms with Crippen molar-refractivity contribution in [3.63, 3.8) is 0 Å². The van der Waals surface area contributed by atoms with Crippen molar-refractivity contribution in [1.29, 1.82) is 0 Å². The van der Waals surface area contributed by atoms with E-state index in [2.05, 4.69) is 31.1 Å². The van der Waals surface area contributed by atoms with E-state index in [0.29, 0.717) is 30.7 Å². The molecule has 5 heterocycles. The monoisotopic (exact) mass is 475 g/mol. The predicted octanol–water partition coefficient (Wildman–Crippen LogP) is 3.13. The van der Waals surface area contributed by atoms with Gasteiger partial charge in [0.25, 0.3) is 5.91 Å². The SMILES string of the molecule is COc1cc(C(=O)N2CCC(N3CC(n4cc(-c5ncnc6[nH]ccc56)cn4)C3)CC2)ccc1F. The number of rotatable bonds is 5. The highest BCUT2D eigenvalue weighted by Gasteiger charge is 2.36. The van der Waals surface area contributed by atoms with Crippen LogP contribution < -0.4 is 4.74 Å². The van der Waals surface area contributed by atoms with Gasteiger partial charge in [0.1, 0.15) is 12.0 Å². The largest absolute Gasteiger partial charge is 0.494 e. The number of aromatic nitrogens is 5. The van der Waals surface area contributed by atoms with Gasteiger partial charge in [0.15, 0.2) is 11.6 Å². The van der Waals surface area contributed by atoms with Crippen LogP contribution in [0.2, 0.25) is 0 Å². The Morgan fingerprint density at radius 2 is 1.97 bits per heavy atom. The first-order valence-electron chi connectivity index (χ1n) is 11.8. The van der Waals surface area contributed by atoms with Crippen LogP contribution in [0.15, 0.2) is 49.2 Å². The van der Waals surface area contributed by atoms with Gasteiger partial charge in [-0.05, 0) is 37.1 Å². The van der Waals surface area contributed by atoms with Crippen LogP contribution in [0.5, 0.6) is 5.75 Å². The van der Waals surface area contributed by atoms with Crippen LogP contribution >= 0.6 is 0 Å². The van der Waals surface area contributed by atoms with E-state index in [9.17, 15) is 9.18 Å². The number of benzene rings is 1. The summed E-state index contributed by atoms with van der Waals surface area (Å²) in [5.41, 5.74) is 3.15. The third-order valence-corrected chi connectivity index (χ3v) is 7.16. The average Bonchev–Trinajstić information content (AvgIpc) is 3.53. The zero-order valence-electron chi connectivity index (χ0n) is 19.4. The highest BCUT2D eigenvalue weighted by molar-refractivity contribution is 5.94. The first kappa shape index (κ1) is 21.7. The lowest BCUT2D eigenvalue weighted by Gasteiger charge is -2.47. The quantitative estimate of drug-likeness (QED) is 0.477. The third-order valence-electron chi connectivity index (χ3n) is 7.16. The molecule has 2 saturated heterocycles. The first-order valence-corrected chi connectivity index (χ1v) is 11.8. The van der Waals surface area contributed by atoms with Gasteiger partial charge in [-0.15, -0.1) is 0 Å². The second-order valence-electron chi connectivity index (χ2n) is 9.15. The number of carbonyl (C=O) groups excluding carboxylic acids is 1. The maximum Gasteiger partial charge on any atom is 0.253 e. The van der Waals surface area contributed by atoms with Gasteiger partial charge in [0, 0.05) is 61.1 Å². The summed E-state index contributed by atoms with van der Waals surface area (Å²) in [5, 5.41) is 5.59. The van der Waals surface area contributed by atoms with Crippen molar-refractivity contribution in [3.8, 4) is 17.0 Å². The Kier molecular flexibility index (Phi) is 5.44. The van der Waals surface area contributed by atoms with E-state index in [1.807, 2.05) is 28.0 Å². The lowest BCUT2D eigenvalue weighted by molar-refractivity contribution is 0.0198. The summed E-state index contributed by atoms with van der Waals surface area (Å²) >= 11 is 0. The van der Waals surface area contributed by atoms with E-state index in [0.717, 1.165) is 48.2 Å². The summed E-state index contributed by atoms with van der Waals surface area (Å²) in [6, 6.07) is 7.05. The molecule has 0 unspecified atom stereocenters. The second-order valence-corrected chi connectivity index (χ2v) is 9.15. The zero-order valence-corrected chi connectivity index (χ0v) is 19.4.